The van der Waals surface area contributed by atoms with Crippen molar-refractivity contribution in [3.8, 4) is 0 Å². The van der Waals surface area contributed by atoms with E-state index in [-0.39, 0.29) is 12.5 Å². The molecule has 2 rings (SSSR count). The summed E-state index contributed by atoms with van der Waals surface area (Å²) in [5.74, 6) is -0.522. The summed E-state index contributed by atoms with van der Waals surface area (Å²) < 4.78 is 4.60. The highest BCUT2D eigenvalue weighted by Gasteiger charge is 2.21. The van der Waals surface area contributed by atoms with E-state index in [2.05, 4.69) is 4.74 Å². The number of rotatable bonds is 2. The van der Waals surface area contributed by atoms with Crippen molar-refractivity contribution in [1.29, 1.82) is 0 Å². The summed E-state index contributed by atoms with van der Waals surface area (Å²) in [6.07, 6.45) is 3.99. The molecule has 1 aliphatic heterocycles. The van der Waals surface area contributed by atoms with Gasteiger partial charge >= 0.3 is 5.97 Å². The Kier molecular flexibility index (Phi) is 3.23. The second kappa shape index (κ2) is 4.82. The van der Waals surface area contributed by atoms with Crippen molar-refractivity contribution in [2.24, 2.45) is 0 Å². The van der Waals surface area contributed by atoms with E-state index >= 15 is 0 Å². The lowest BCUT2D eigenvalue weighted by Gasteiger charge is -2.21. The van der Waals surface area contributed by atoms with E-state index in [1.165, 1.54) is 12.0 Å². The van der Waals surface area contributed by atoms with Gasteiger partial charge in [-0.05, 0) is 11.6 Å². The molecule has 1 amide bonds. The first kappa shape index (κ1) is 11.4. The molecule has 1 aromatic rings. The topological polar surface area (TPSA) is 46.6 Å². The number of hydrogen-bond donors (Lipinski definition) is 0. The van der Waals surface area contributed by atoms with Crippen LogP contribution in [0.5, 0.6) is 0 Å². The van der Waals surface area contributed by atoms with E-state index in [1.54, 1.807) is 6.08 Å². The Balaban J connectivity index is 2.37. The highest BCUT2D eigenvalue weighted by molar-refractivity contribution is 6.01. The molecule has 1 aromatic carbocycles. The third-order valence-corrected chi connectivity index (χ3v) is 2.63. The molecule has 0 spiro atoms. The summed E-state index contributed by atoms with van der Waals surface area (Å²) in [7, 11) is 1.31. The van der Waals surface area contributed by atoms with Gasteiger partial charge in [0.25, 0.3) is 0 Å². The molecule has 1 heterocycles. The van der Waals surface area contributed by atoms with Gasteiger partial charge in [-0.2, -0.15) is 0 Å². The Labute approximate surface area is 99.5 Å². The Bertz CT molecular complexity index is 479. The highest BCUT2D eigenvalue weighted by Crippen LogP contribution is 2.25. The number of carbonyl (C=O) groups excluding carboxylic acids is 2. The van der Waals surface area contributed by atoms with E-state index < -0.39 is 5.97 Å². The number of ether oxygens (including phenoxy) is 1. The summed E-state index contributed by atoms with van der Waals surface area (Å²) in [4.78, 5) is 24.7. The Morgan fingerprint density at radius 2 is 2.18 bits per heavy atom. The van der Waals surface area contributed by atoms with Gasteiger partial charge in [-0.25, -0.2) is 0 Å². The average molecular weight is 231 g/mol. The van der Waals surface area contributed by atoms with Crippen molar-refractivity contribution in [1.82, 2.24) is 0 Å². The van der Waals surface area contributed by atoms with Crippen LogP contribution in [-0.4, -0.2) is 25.5 Å². The normalized spacial score (nSPS) is 14.2. The van der Waals surface area contributed by atoms with Crippen molar-refractivity contribution in [3.63, 3.8) is 0 Å². The molecule has 0 saturated heterocycles. The van der Waals surface area contributed by atoms with Crippen molar-refractivity contribution >= 4 is 23.6 Å². The van der Waals surface area contributed by atoms with Crippen LogP contribution in [0.15, 0.2) is 30.3 Å². The lowest BCUT2D eigenvalue weighted by atomic mass is 10.1. The molecule has 0 N–H and O–H groups in total. The standard InChI is InChI=1S/C13H13NO3/c1-17-13(16)9-14-11-7-3-2-5-10(11)6-4-8-12(14)15/h2-7H,8-9H2,1H3. The van der Waals surface area contributed by atoms with Crippen LogP contribution in [0.4, 0.5) is 5.69 Å². The SMILES string of the molecule is COC(=O)CN1C(=O)CC=Cc2ccccc21. The first-order chi connectivity index (χ1) is 8.22. The number of nitrogens with zero attached hydrogens (tertiary/aromatic N) is 1. The smallest absolute Gasteiger partial charge is 0.325 e. The Morgan fingerprint density at radius 3 is 2.94 bits per heavy atom. The van der Waals surface area contributed by atoms with Crippen molar-refractivity contribution < 1.29 is 14.3 Å². The molecule has 0 bridgehead atoms. The van der Waals surface area contributed by atoms with Crippen LogP contribution >= 0.6 is 0 Å². The van der Waals surface area contributed by atoms with E-state index in [0.29, 0.717) is 6.42 Å². The van der Waals surface area contributed by atoms with Gasteiger partial charge in [-0.1, -0.05) is 30.4 Å². The first-order valence-electron chi connectivity index (χ1n) is 5.35. The number of fused-ring (bicyclic) bond motifs is 1. The van der Waals surface area contributed by atoms with Crippen LogP contribution in [-0.2, 0) is 14.3 Å². The number of anilines is 1. The predicted molar refractivity (Wildman–Crippen MR) is 64.5 cm³/mol. The molecule has 0 aliphatic carbocycles. The Morgan fingerprint density at radius 1 is 1.41 bits per heavy atom. The lowest BCUT2D eigenvalue weighted by Crippen LogP contribution is -2.35. The first-order valence-corrected chi connectivity index (χ1v) is 5.35. The van der Waals surface area contributed by atoms with E-state index in [9.17, 15) is 9.59 Å². The van der Waals surface area contributed by atoms with Gasteiger partial charge in [-0.3, -0.25) is 9.59 Å². The molecule has 0 unspecified atom stereocenters. The second-order valence-corrected chi connectivity index (χ2v) is 3.72. The van der Waals surface area contributed by atoms with Crippen molar-refractivity contribution in [2.45, 2.75) is 6.42 Å². The molecule has 88 valence electrons. The number of esters is 1. The predicted octanol–water partition coefficient (Wildman–Crippen LogP) is 1.61. The summed E-state index contributed by atoms with van der Waals surface area (Å²) >= 11 is 0. The van der Waals surface area contributed by atoms with Gasteiger partial charge in [0.1, 0.15) is 6.54 Å². The molecular weight excluding hydrogens is 218 g/mol. The minimum absolute atomic E-state index is 0.0476. The third kappa shape index (κ3) is 2.36. The number of para-hydroxylation sites is 1. The largest absolute Gasteiger partial charge is 0.468 e. The summed E-state index contributed by atoms with van der Waals surface area (Å²) in [5.41, 5.74) is 1.68. The zero-order valence-electron chi connectivity index (χ0n) is 9.55. The van der Waals surface area contributed by atoms with Crippen molar-refractivity contribution in [3.05, 3.63) is 35.9 Å². The van der Waals surface area contributed by atoms with E-state index in [1.807, 2.05) is 30.3 Å². The second-order valence-electron chi connectivity index (χ2n) is 3.72. The van der Waals surface area contributed by atoms with Crippen LogP contribution in [0.25, 0.3) is 6.08 Å². The monoisotopic (exact) mass is 231 g/mol. The number of benzene rings is 1. The molecular formula is C13H13NO3. The molecule has 0 atom stereocenters. The minimum atomic E-state index is -0.421. The molecule has 1 aliphatic rings. The van der Waals surface area contributed by atoms with Crippen LogP contribution in [0.3, 0.4) is 0 Å². The quantitative estimate of drug-likeness (QED) is 0.726. The highest BCUT2D eigenvalue weighted by atomic mass is 16.5. The fraction of sp³-hybridized carbons (Fsp3) is 0.231. The summed E-state index contributed by atoms with van der Waals surface area (Å²) in [5, 5.41) is 0. The summed E-state index contributed by atoms with van der Waals surface area (Å²) in [6.45, 7) is -0.0476. The third-order valence-electron chi connectivity index (χ3n) is 2.63. The maximum Gasteiger partial charge on any atom is 0.325 e. The zero-order valence-corrected chi connectivity index (χ0v) is 9.55. The number of amides is 1. The molecule has 4 heteroatoms. The molecule has 0 radical (unpaired) electrons. The number of carbonyl (C=O) groups is 2. The lowest BCUT2D eigenvalue weighted by molar-refractivity contribution is -0.140. The minimum Gasteiger partial charge on any atom is -0.468 e. The van der Waals surface area contributed by atoms with Gasteiger partial charge in [0.15, 0.2) is 0 Å². The van der Waals surface area contributed by atoms with Crippen LogP contribution < -0.4 is 4.90 Å². The molecule has 4 nitrogen and oxygen atoms in total. The van der Waals surface area contributed by atoms with Gasteiger partial charge in [-0.15, -0.1) is 0 Å². The van der Waals surface area contributed by atoms with Crippen LogP contribution in [0.1, 0.15) is 12.0 Å². The van der Waals surface area contributed by atoms with E-state index in [0.717, 1.165) is 11.3 Å². The number of methoxy groups -OCH3 is 1. The van der Waals surface area contributed by atoms with Gasteiger partial charge < -0.3 is 9.64 Å². The molecule has 0 saturated carbocycles. The molecule has 0 fully saturated rings. The van der Waals surface area contributed by atoms with Gasteiger partial charge in [0.05, 0.1) is 12.8 Å². The van der Waals surface area contributed by atoms with Gasteiger partial charge in [0.2, 0.25) is 5.91 Å². The maximum atomic E-state index is 11.9. The average Bonchev–Trinajstić information content (AvgIpc) is 2.50. The Hall–Kier alpha value is -2.10. The molecule has 17 heavy (non-hydrogen) atoms. The fourth-order valence-electron chi connectivity index (χ4n) is 1.77. The summed E-state index contributed by atoms with van der Waals surface area (Å²) in [6, 6.07) is 7.48. The fourth-order valence-corrected chi connectivity index (χ4v) is 1.77. The molecule has 0 aromatic heterocycles. The van der Waals surface area contributed by atoms with Crippen molar-refractivity contribution in [2.75, 3.05) is 18.6 Å². The zero-order chi connectivity index (χ0) is 12.3. The van der Waals surface area contributed by atoms with E-state index in [4.69, 9.17) is 0 Å². The van der Waals surface area contributed by atoms with Crippen LogP contribution in [0.2, 0.25) is 0 Å². The number of hydrogen-bond acceptors (Lipinski definition) is 3. The van der Waals surface area contributed by atoms with Gasteiger partial charge in [0, 0.05) is 6.42 Å². The maximum absolute atomic E-state index is 11.9. The van der Waals surface area contributed by atoms with Crippen LogP contribution in [0, 0.1) is 0 Å².